The minimum atomic E-state index is 0.00828. The maximum absolute atomic E-state index is 12.8. The van der Waals surface area contributed by atoms with Gasteiger partial charge in [0.2, 0.25) is 5.91 Å². The van der Waals surface area contributed by atoms with Gasteiger partial charge >= 0.3 is 0 Å². The van der Waals surface area contributed by atoms with Crippen LogP contribution in [-0.4, -0.2) is 48.6 Å². The molecule has 5 heterocycles. The second-order valence-electron chi connectivity index (χ2n) is 8.36. The first-order valence-corrected chi connectivity index (χ1v) is 10.4. The highest BCUT2D eigenvalue weighted by molar-refractivity contribution is 5.83. The van der Waals surface area contributed by atoms with E-state index in [2.05, 4.69) is 37.8 Å². The number of imidazole rings is 1. The van der Waals surface area contributed by atoms with E-state index in [-0.39, 0.29) is 11.3 Å². The van der Waals surface area contributed by atoms with Crippen LogP contribution in [0.5, 0.6) is 0 Å². The average molecular weight is 398 g/mol. The Balaban J connectivity index is 1.27. The van der Waals surface area contributed by atoms with Crippen molar-refractivity contribution in [3.8, 4) is 11.3 Å². The van der Waals surface area contributed by atoms with E-state index in [1.54, 1.807) is 12.4 Å². The minimum Gasteiger partial charge on any atom is -0.348 e. The second kappa shape index (κ2) is 6.52. The van der Waals surface area contributed by atoms with Crippen LogP contribution in [0.4, 0.5) is 0 Å². The number of fused-ring (bicyclic) bond motifs is 3. The smallest absolute Gasteiger partial charge is 0.230 e. The molecule has 1 spiro atoms. The molecule has 1 unspecified atom stereocenters. The number of likely N-dealkylation sites (tertiary alicyclic amines) is 1. The Kier molecular flexibility index (Phi) is 3.78. The van der Waals surface area contributed by atoms with Crippen LogP contribution in [0.15, 0.2) is 55.0 Å². The van der Waals surface area contributed by atoms with E-state index in [0.29, 0.717) is 6.42 Å². The Morgan fingerprint density at radius 1 is 1.13 bits per heavy atom. The van der Waals surface area contributed by atoms with Gasteiger partial charge in [-0.1, -0.05) is 18.2 Å². The largest absolute Gasteiger partial charge is 0.348 e. The lowest BCUT2D eigenvalue weighted by Gasteiger charge is -2.23. The van der Waals surface area contributed by atoms with Crippen molar-refractivity contribution in [1.82, 2.24) is 29.6 Å². The van der Waals surface area contributed by atoms with E-state index >= 15 is 0 Å². The molecular weight excluding hydrogens is 376 g/mol. The molecule has 2 aliphatic heterocycles. The molecule has 6 rings (SSSR count). The molecule has 7 heteroatoms. The van der Waals surface area contributed by atoms with Gasteiger partial charge in [0, 0.05) is 60.3 Å². The number of rotatable bonds is 3. The van der Waals surface area contributed by atoms with Crippen molar-refractivity contribution in [2.24, 2.45) is 0 Å². The minimum absolute atomic E-state index is 0.00828. The summed E-state index contributed by atoms with van der Waals surface area (Å²) in [6.45, 7) is 2.45. The summed E-state index contributed by atoms with van der Waals surface area (Å²) >= 11 is 0. The van der Waals surface area contributed by atoms with Crippen LogP contribution in [0.2, 0.25) is 0 Å². The van der Waals surface area contributed by atoms with Crippen molar-refractivity contribution in [2.75, 3.05) is 13.1 Å². The molecular formula is C23H22N6O. The number of aromatic amines is 1. The number of nitrogens with zero attached hydrogens (tertiary/aromatic N) is 5. The standard InChI is InChI=1S/C23H22N6O/c30-22(13-21-24-7-8-25-21)28-9-5-23(15-28)6-10-29-20(23)12-19(27-29)17-11-16-3-1-2-4-18(16)26-14-17/h1-4,7-8,11-12,14H,5-6,9-10,13,15H2,(H,24,25). The summed E-state index contributed by atoms with van der Waals surface area (Å²) in [4.78, 5) is 26.5. The Labute approximate surface area is 173 Å². The number of benzene rings is 1. The first kappa shape index (κ1) is 17.4. The van der Waals surface area contributed by atoms with Crippen LogP contribution in [0.1, 0.15) is 24.4 Å². The number of carbonyl (C=O) groups is 1. The van der Waals surface area contributed by atoms with E-state index in [4.69, 9.17) is 5.10 Å². The molecule has 1 aromatic carbocycles. The molecule has 1 fully saturated rings. The Morgan fingerprint density at radius 2 is 2.03 bits per heavy atom. The Morgan fingerprint density at radius 3 is 2.93 bits per heavy atom. The zero-order valence-electron chi connectivity index (χ0n) is 16.6. The summed E-state index contributed by atoms with van der Waals surface area (Å²) < 4.78 is 2.13. The Bertz CT molecular complexity index is 1240. The van der Waals surface area contributed by atoms with Gasteiger partial charge in [0.1, 0.15) is 5.82 Å². The lowest BCUT2D eigenvalue weighted by atomic mass is 9.82. The third-order valence-electron chi connectivity index (χ3n) is 6.59. The molecule has 3 aromatic heterocycles. The molecule has 2 aliphatic rings. The highest BCUT2D eigenvalue weighted by Crippen LogP contribution is 2.43. The number of carbonyl (C=O) groups excluding carboxylic acids is 1. The van der Waals surface area contributed by atoms with Crippen LogP contribution in [0.25, 0.3) is 22.2 Å². The maximum Gasteiger partial charge on any atom is 0.230 e. The van der Waals surface area contributed by atoms with E-state index in [1.807, 2.05) is 29.3 Å². The number of H-pyrrole nitrogens is 1. The van der Waals surface area contributed by atoms with Crippen molar-refractivity contribution in [3.05, 3.63) is 66.5 Å². The summed E-state index contributed by atoms with van der Waals surface area (Å²) in [5.41, 5.74) is 4.25. The second-order valence-corrected chi connectivity index (χ2v) is 8.36. The molecule has 4 aromatic rings. The van der Waals surface area contributed by atoms with Crippen LogP contribution in [0.3, 0.4) is 0 Å². The predicted molar refractivity (Wildman–Crippen MR) is 113 cm³/mol. The van der Waals surface area contributed by atoms with Crippen molar-refractivity contribution in [2.45, 2.75) is 31.2 Å². The summed E-state index contributed by atoms with van der Waals surface area (Å²) in [5, 5.41) is 5.99. The van der Waals surface area contributed by atoms with Crippen LogP contribution in [-0.2, 0) is 23.2 Å². The predicted octanol–water partition coefficient (Wildman–Crippen LogP) is 2.94. The van der Waals surface area contributed by atoms with E-state index in [1.165, 1.54) is 5.69 Å². The van der Waals surface area contributed by atoms with Crippen molar-refractivity contribution in [1.29, 1.82) is 0 Å². The lowest BCUT2D eigenvalue weighted by molar-refractivity contribution is -0.129. The zero-order valence-corrected chi connectivity index (χ0v) is 16.6. The summed E-state index contributed by atoms with van der Waals surface area (Å²) in [5.74, 6) is 0.863. The SMILES string of the molecule is O=C(Cc1ncc[nH]1)N1CCC2(CCn3nc(-c4cnc5ccccc5c4)cc32)C1. The topological polar surface area (TPSA) is 79.7 Å². The van der Waals surface area contributed by atoms with Crippen molar-refractivity contribution >= 4 is 16.8 Å². The molecule has 1 amide bonds. The van der Waals surface area contributed by atoms with Crippen LogP contribution >= 0.6 is 0 Å². The summed E-state index contributed by atoms with van der Waals surface area (Å²) in [7, 11) is 0. The van der Waals surface area contributed by atoms with E-state index < -0.39 is 0 Å². The average Bonchev–Trinajstić information content (AvgIpc) is 3.55. The monoisotopic (exact) mass is 398 g/mol. The maximum atomic E-state index is 12.8. The van der Waals surface area contributed by atoms with Gasteiger partial charge in [-0.15, -0.1) is 0 Å². The molecule has 0 aliphatic carbocycles. The van der Waals surface area contributed by atoms with Gasteiger partial charge in [-0.2, -0.15) is 5.10 Å². The molecule has 7 nitrogen and oxygen atoms in total. The number of amides is 1. The highest BCUT2D eigenvalue weighted by atomic mass is 16.2. The molecule has 0 radical (unpaired) electrons. The molecule has 1 N–H and O–H groups in total. The van der Waals surface area contributed by atoms with Crippen LogP contribution in [0, 0.1) is 0 Å². The Hall–Kier alpha value is -3.48. The first-order chi connectivity index (χ1) is 14.7. The number of para-hydroxylation sites is 1. The molecule has 150 valence electrons. The molecule has 30 heavy (non-hydrogen) atoms. The normalized spacial score (nSPS) is 20.3. The van der Waals surface area contributed by atoms with Gasteiger partial charge in [0.15, 0.2) is 0 Å². The van der Waals surface area contributed by atoms with Gasteiger partial charge in [0.05, 0.1) is 17.6 Å². The van der Waals surface area contributed by atoms with Gasteiger partial charge < -0.3 is 9.88 Å². The molecule has 1 atom stereocenters. The fraction of sp³-hybridized carbons (Fsp3) is 0.304. The zero-order chi connectivity index (χ0) is 20.1. The quantitative estimate of drug-likeness (QED) is 0.575. The number of hydrogen-bond acceptors (Lipinski definition) is 4. The van der Waals surface area contributed by atoms with Gasteiger partial charge in [-0.25, -0.2) is 4.98 Å². The molecule has 0 bridgehead atoms. The molecule has 0 saturated carbocycles. The van der Waals surface area contributed by atoms with Crippen molar-refractivity contribution in [3.63, 3.8) is 0 Å². The third-order valence-corrected chi connectivity index (χ3v) is 6.59. The van der Waals surface area contributed by atoms with E-state index in [0.717, 1.165) is 60.5 Å². The lowest BCUT2D eigenvalue weighted by Crippen LogP contribution is -2.34. The van der Waals surface area contributed by atoms with E-state index in [9.17, 15) is 4.79 Å². The van der Waals surface area contributed by atoms with Crippen LogP contribution < -0.4 is 0 Å². The van der Waals surface area contributed by atoms with Gasteiger partial charge in [-0.05, 0) is 31.0 Å². The first-order valence-electron chi connectivity index (χ1n) is 10.4. The van der Waals surface area contributed by atoms with Gasteiger partial charge in [-0.3, -0.25) is 14.5 Å². The summed E-state index contributed by atoms with van der Waals surface area (Å²) in [6, 6.07) is 12.5. The number of nitrogens with one attached hydrogen (secondary N) is 1. The number of pyridine rings is 1. The third kappa shape index (κ3) is 2.73. The number of hydrogen-bond donors (Lipinski definition) is 1. The number of aryl methyl sites for hydroxylation is 1. The highest BCUT2D eigenvalue weighted by Gasteiger charge is 2.46. The fourth-order valence-electron chi connectivity index (χ4n) is 4.96. The molecule has 1 saturated heterocycles. The van der Waals surface area contributed by atoms with Gasteiger partial charge in [0.25, 0.3) is 0 Å². The summed E-state index contributed by atoms with van der Waals surface area (Å²) in [6.07, 6.45) is 7.70. The number of aromatic nitrogens is 5. The fourth-order valence-corrected chi connectivity index (χ4v) is 4.96. The van der Waals surface area contributed by atoms with Crippen molar-refractivity contribution < 1.29 is 4.79 Å².